The predicted octanol–water partition coefficient (Wildman–Crippen LogP) is 5.17. The number of rotatable bonds is 12. The van der Waals surface area contributed by atoms with Crippen molar-refractivity contribution in [2.75, 3.05) is 26.6 Å². The lowest BCUT2D eigenvalue weighted by Gasteiger charge is -2.17. The number of nitrogens with one attached hydrogen (secondary N) is 1. The third-order valence-electron chi connectivity index (χ3n) is 4.06. The van der Waals surface area contributed by atoms with Crippen molar-refractivity contribution >= 4 is 27.5 Å². The van der Waals surface area contributed by atoms with Crippen LogP contribution in [0.15, 0.2) is 12.1 Å². The fourth-order valence-electron chi connectivity index (χ4n) is 2.57. The van der Waals surface area contributed by atoms with Crippen molar-refractivity contribution < 1.29 is 19.0 Å². The highest BCUT2D eigenvalue weighted by Gasteiger charge is 2.20. The van der Waals surface area contributed by atoms with Crippen LogP contribution in [-0.4, -0.2) is 32.1 Å². The number of hydrogen-bond acceptors (Lipinski definition) is 4. The molecule has 142 valence electrons. The van der Waals surface area contributed by atoms with Gasteiger partial charge >= 0.3 is 0 Å². The topological polar surface area (TPSA) is 56.8 Å². The summed E-state index contributed by atoms with van der Waals surface area (Å²) in [6.07, 6.45) is 8.03. The van der Waals surface area contributed by atoms with Gasteiger partial charge in [-0.25, -0.2) is 0 Å². The van der Waals surface area contributed by atoms with Crippen LogP contribution in [0.4, 0.5) is 5.69 Å². The van der Waals surface area contributed by atoms with E-state index in [0.29, 0.717) is 22.9 Å². The number of carbonyl (C=O) groups excluding carboxylic acids is 1. The van der Waals surface area contributed by atoms with Crippen molar-refractivity contribution in [2.45, 2.75) is 56.7 Å². The molecule has 0 fully saturated rings. The van der Waals surface area contributed by atoms with Crippen LogP contribution in [-0.2, 0) is 4.79 Å². The van der Waals surface area contributed by atoms with Gasteiger partial charge in [0.15, 0.2) is 0 Å². The minimum absolute atomic E-state index is 0.102. The lowest BCUT2D eigenvalue weighted by Crippen LogP contribution is -2.23. The summed E-state index contributed by atoms with van der Waals surface area (Å²) in [6.45, 7) is 2.21. The Labute approximate surface area is 159 Å². The van der Waals surface area contributed by atoms with Gasteiger partial charge in [0.25, 0.3) is 0 Å². The van der Waals surface area contributed by atoms with Gasteiger partial charge in [0, 0.05) is 12.1 Å². The maximum Gasteiger partial charge on any atom is 0.238 e. The first kappa shape index (κ1) is 21.6. The van der Waals surface area contributed by atoms with Crippen LogP contribution in [0.5, 0.6) is 17.2 Å². The number of benzene rings is 1. The second kappa shape index (κ2) is 12.0. The minimum atomic E-state index is -0.241. The Balaban J connectivity index is 2.63. The molecule has 1 aromatic carbocycles. The Kier molecular flexibility index (Phi) is 10.4. The van der Waals surface area contributed by atoms with Gasteiger partial charge < -0.3 is 19.5 Å². The van der Waals surface area contributed by atoms with E-state index in [1.807, 2.05) is 0 Å². The zero-order valence-electron chi connectivity index (χ0n) is 15.7. The molecule has 0 aliphatic rings. The molecule has 6 heteroatoms. The molecule has 1 atom stereocenters. The first-order valence-corrected chi connectivity index (χ1v) is 9.73. The number of halogens is 1. The van der Waals surface area contributed by atoms with E-state index in [4.69, 9.17) is 14.2 Å². The molecular weight excluding hydrogens is 386 g/mol. The van der Waals surface area contributed by atoms with Gasteiger partial charge in [-0.3, -0.25) is 4.79 Å². The highest BCUT2D eigenvalue weighted by molar-refractivity contribution is 9.10. The average molecular weight is 416 g/mol. The Bertz CT molecular complexity index is 511. The molecule has 0 aliphatic carbocycles. The molecule has 0 spiro atoms. The zero-order chi connectivity index (χ0) is 18.7. The molecule has 1 unspecified atom stereocenters. The lowest BCUT2D eigenvalue weighted by molar-refractivity contribution is -0.115. The van der Waals surface area contributed by atoms with E-state index in [-0.39, 0.29) is 10.7 Å². The molecule has 0 aromatic heterocycles. The zero-order valence-corrected chi connectivity index (χ0v) is 17.3. The standard InChI is InChI=1S/C19H30BrNO4/c1-5-6-7-8-9-10-11-15(20)19(22)21-18-16(24-3)12-14(23-2)13-17(18)25-4/h12-13,15H,5-11H2,1-4H3,(H,21,22). The largest absolute Gasteiger partial charge is 0.496 e. The molecule has 1 aromatic rings. The molecule has 5 nitrogen and oxygen atoms in total. The van der Waals surface area contributed by atoms with Crippen LogP contribution in [0.2, 0.25) is 0 Å². The summed E-state index contributed by atoms with van der Waals surface area (Å²) in [5.74, 6) is 1.51. The number of methoxy groups -OCH3 is 3. The van der Waals surface area contributed by atoms with Crippen molar-refractivity contribution in [1.82, 2.24) is 0 Å². The van der Waals surface area contributed by atoms with E-state index in [9.17, 15) is 4.79 Å². The van der Waals surface area contributed by atoms with Gasteiger partial charge in [0.1, 0.15) is 22.9 Å². The normalized spacial score (nSPS) is 11.7. The van der Waals surface area contributed by atoms with Gasteiger partial charge in [0.05, 0.1) is 26.2 Å². The fraction of sp³-hybridized carbons (Fsp3) is 0.632. The molecule has 0 radical (unpaired) electrons. The van der Waals surface area contributed by atoms with Gasteiger partial charge in [-0.15, -0.1) is 0 Å². The van der Waals surface area contributed by atoms with Gasteiger partial charge in [-0.1, -0.05) is 61.4 Å². The van der Waals surface area contributed by atoms with Crippen LogP contribution < -0.4 is 19.5 Å². The molecule has 1 N–H and O–H groups in total. The average Bonchev–Trinajstić information content (AvgIpc) is 2.64. The SMILES string of the molecule is CCCCCCCCC(Br)C(=O)Nc1c(OC)cc(OC)cc1OC. The molecule has 1 amide bonds. The van der Waals surface area contributed by atoms with Crippen molar-refractivity contribution in [2.24, 2.45) is 0 Å². The number of alkyl halides is 1. The summed E-state index contributed by atoms with van der Waals surface area (Å²) in [7, 11) is 4.67. The van der Waals surface area contributed by atoms with E-state index in [0.717, 1.165) is 19.3 Å². The molecule has 0 heterocycles. The maximum atomic E-state index is 12.5. The Morgan fingerprint density at radius 1 is 1.00 bits per heavy atom. The van der Waals surface area contributed by atoms with Gasteiger partial charge in [0.2, 0.25) is 5.91 Å². The number of amides is 1. The highest BCUT2D eigenvalue weighted by atomic mass is 79.9. The van der Waals surface area contributed by atoms with Crippen molar-refractivity contribution in [3.63, 3.8) is 0 Å². The summed E-state index contributed by atoms with van der Waals surface area (Å²) in [5, 5.41) is 2.90. The summed E-state index contributed by atoms with van der Waals surface area (Å²) in [4.78, 5) is 12.2. The first-order valence-electron chi connectivity index (χ1n) is 8.82. The van der Waals surface area contributed by atoms with Crippen LogP contribution in [0, 0.1) is 0 Å². The second-order valence-electron chi connectivity index (χ2n) is 5.92. The molecule has 1 rings (SSSR count). The fourth-order valence-corrected chi connectivity index (χ4v) is 3.00. The van der Waals surface area contributed by atoms with Crippen LogP contribution in [0.1, 0.15) is 51.9 Å². The number of unbranched alkanes of at least 4 members (excludes halogenated alkanes) is 5. The van der Waals surface area contributed by atoms with Crippen molar-refractivity contribution in [3.05, 3.63) is 12.1 Å². The maximum absolute atomic E-state index is 12.5. The third kappa shape index (κ3) is 7.14. The molecular formula is C19H30BrNO4. The first-order chi connectivity index (χ1) is 12.1. The predicted molar refractivity (Wildman–Crippen MR) is 105 cm³/mol. The Hall–Kier alpha value is -1.43. The summed E-state index contributed by atoms with van der Waals surface area (Å²) >= 11 is 3.49. The van der Waals surface area contributed by atoms with Crippen molar-refractivity contribution in [1.29, 1.82) is 0 Å². The number of carbonyl (C=O) groups is 1. The van der Waals surface area contributed by atoms with Crippen LogP contribution in [0.25, 0.3) is 0 Å². The Morgan fingerprint density at radius 3 is 2.08 bits per heavy atom. The molecule has 0 bridgehead atoms. The number of anilines is 1. The molecule has 25 heavy (non-hydrogen) atoms. The van der Waals surface area contributed by atoms with Gasteiger partial charge in [-0.2, -0.15) is 0 Å². The van der Waals surface area contributed by atoms with E-state index in [1.165, 1.54) is 25.7 Å². The van der Waals surface area contributed by atoms with E-state index in [2.05, 4.69) is 28.2 Å². The van der Waals surface area contributed by atoms with E-state index < -0.39 is 0 Å². The molecule has 0 saturated heterocycles. The van der Waals surface area contributed by atoms with Gasteiger partial charge in [-0.05, 0) is 6.42 Å². The monoisotopic (exact) mass is 415 g/mol. The summed E-state index contributed by atoms with van der Waals surface area (Å²) in [6, 6.07) is 3.43. The lowest BCUT2D eigenvalue weighted by atomic mass is 10.1. The molecule has 0 saturated carbocycles. The summed E-state index contributed by atoms with van der Waals surface area (Å²) < 4.78 is 15.9. The van der Waals surface area contributed by atoms with Crippen LogP contribution >= 0.6 is 15.9 Å². The molecule has 0 aliphatic heterocycles. The minimum Gasteiger partial charge on any atom is -0.496 e. The highest BCUT2D eigenvalue weighted by Crippen LogP contribution is 2.39. The van der Waals surface area contributed by atoms with Crippen LogP contribution in [0.3, 0.4) is 0 Å². The quantitative estimate of drug-likeness (QED) is 0.378. The third-order valence-corrected chi connectivity index (χ3v) is 4.93. The number of ether oxygens (including phenoxy) is 3. The van der Waals surface area contributed by atoms with E-state index in [1.54, 1.807) is 33.5 Å². The smallest absolute Gasteiger partial charge is 0.238 e. The Morgan fingerprint density at radius 2 is 1.56 bits per heavy atom. The van der Waals surface area contributed by atoms with E-state index >= 15 is 0 Å². The summed E-state index contributed by atoms with van der Waals surface area (Å²) in [5.41, 5.74) is 0.517. The number of hydrogen-bond donors (Lipinski definition) is 1. The van der Waals surface area contributed by atoms with Crippen molar-refractivity contribution in [3.8, 4) is 17.2 Å². The second-order valence-corrected chi connectivity index (χ2v) is 7.03.